The quantitative estimate of drug-likeness (QED) is 0.580. The highest BCUT2D eigenvalue weighted by Crippen LogP contribution is 2.24. The minimum Gasteiger partial charge on any atom is -0.441 e. The Morgan fingerprint density at radius 3 is 2.63 bits per heavy atom. The number of carbonyl (C=O) groups is 1. The standard InChI is InChI=1S/C21H20ClFN2O2/c1-13(2)14-3-5-15(6-4-14)19-12-24-21(27-19)10-9-20(26)25-16-7-8-18(23)17(22)11-16/h3-8,11-13H,9-10H2,1-2H3,(H,25,26). The average Bonchev–Trinajstić information content (AvgIpc) is 3.12. The molecule has 0 saturated heterocycles. The highest BCUT2D eigenvalue weighted by molar-refractivity contribution is 6.31. The normalized spacial score (nSPS) is 11.0. The van der Waals surface area contributed by atoms with Crippen molar-refractivity contribution in [1.82, 2.24) is 4.98 Å². The predicted molar refractivity (Wildman–Crippen MR) is 104 cm³/mol. The molecule has 0 spiro atoms. The number of nitrogens with one attached hydrogen (secondary N) is 1. The van der Waals surface area contributed by atoms with Crippen molar-refractivity contribution in [1.29, 1.82) is 0 Å². The van der Waals surface area contributed by atoms with E-state index in [0.717, 1.165) is 5.56 Å². The van der Waals surface area contributed by atoms with Gasteiger partial charge < -0.3 is 9.73 Å². The fourth-order valence-electron chi connectivity index (χ4n) is 2.61. The van der Waals surface area contributed by atoms with Gasteiger partial charge in [0.15, 0.2) is 11.7 Å². The van der Waals surface area contributed by atoms with Gasteiger partial charge in [-0.1, -0.05) is 49.7 Å². The van der Waals surface area contributed by atoms with Crippen molar-refractivity contribution in [2.24, 2.45) is 0 Å². The maximum Gasteiger partial charge on any atom is 0.224 e. The zero-order valence-corrected chi connectivity index (χ0v) is 15.9. The summed E-state index contributed by atoms with van der Waals surface area (Å²) in [6.07, 6.45) is 2.23. The molecule has 1 N–H and O–H groups in total. The molecule has 3 aromatic rings. The maximum absolute atomic E-state index is 13.1. The first-order valence-corrected chi connectivity index (χ1v) is 9.10. The maximum atomic E-state index is 13.1. The molecule has 0 fully saturated rings. The fraction of sp³-hybridized carbons (Fsp3) is 0.238. The van der Waals surface area contributed by atoms with Gasteiger partial charge in [0, 0.05) is 24.1 Å². The molecular formula is C21H20ClFN2O2. The second-order valence-corrected chi connectivity index (χ2v) is 6.98. The number of aromatic nitrogens is 1. The summed E-state index contributed by atoms with van der Waals surface area (Å²) >= 11 is 5.71. The van der Waals surface area contributed by atoms with Crippen LogP contribution in [-0.4, -0.2) is 10.9 Å². The first-order chi connectivity index (χ1) is 12.9. The van der Waals surface area contributed by atoms with Gasteiger partial charge in [-0.2, -0.15) is 0 Å². The van der Waals surface area contributed by atoms with Crippen molar-refractivity contribution in [3.05, 3.63) is 71.0 Å². The van der Waals surface area contributed by atoms with Gasteiger partial charge in [0.25, 0.3) is 0 Å². The molecule has 6 heteroatoms. The van der Waals surface area contributed by atoms with E-state index < -0.39 is 5.82 Å². The SMILES string of the molecule is CC(C)c1ccc(-c2cnc(CCC(=O)Nc3ccc(F)c(Cl)c3)o2)cc1. The second-order valence-electron chi connectivity index (χ2n) is 6.57. The lowest BCUT2D eigenvalue weighted by atomic mass is 10.0. The van der Waals surface area contributed by atoms with Crippen LogP contribution in [0.3, 0.4) is 0 Å². The van der Waals surface area contributed by atoms with Crippen LogP contribution in [0, 0.1) is 5.82 Å². The summed E-state index contributed by atoms with van der Waals surface area (Å²) in [5.74, 6) is 0.886. The third-order valence-electron chi connectivity index (χ3n) is 4.18. The Balaban J connectivity index is 1.57. The molecule has 2 aromatic carbocycles. The van der Waals surface area contributed by atoms with E-state index in [-0.39, 0.29) is 17.4 Å². The van der Waals surface area contributed by atoms with Crippen molar-refractivity contribution in [2.75, 3.05) is 5.32 Å². The fourth-order valence-corrected chi connectivity index (χ4v) is 2.79. The number of nitrogens with zero attached hydrogens (tertiary/aromatic N) is 1. The lowest BCUT2D eigenvalue weighted by molar-refractivity contribution is -0.116. The molecule has 3 rings (SSSR count). The molecule has 1 amide bonds. The zero-order chi connectivity index (χ0) is 19.4. The van der Waals surface area contributed by atoms with Gasteiger partial charge in [-0.3, -0.25) is 4.79 Å². The molecule has 0 saturated carbocycles. The van der Waals surface area contributed by atoms with Crippen LogP contribution in [0.25, 0.3) is 11.3 Å². The Kier molecular flexibility index (Phi) is 5.91. The number of rotatable bonds is 6. The van der Waals surface area contributed by atoms with Crippen molar-refractivity contribution < 1.29 is 13.6 Å². The van der Waals surface area contributed by atoms with Crippen LogP contribution in [-0.2, 0) is 11.2 Å². The van der Waals surface area contributed by atoms with Crippen LogP contribution < -0.4 is 5.32 Å². The number of oxazole rings is 1. The Bertz CT molecular complexity index is 936. The number of amides is 1. The number of benzene rings is 2. The largest absolute Gasteiger partial charge is 0.441 e. The third kappa shape index (κ3) is 4.95. The predicted octanol–water partition coefficient (Wildman–Crippen LogP) is 5.83. The molecule has 1 aromatic heterocycles. The van der Waals surface area contributed by atoms with Crippen LogP contribution >= 0.6 is 11.6 Å². The van der Waals surface area contributed by atoms with Crippen LogP contribution in [0.1, 0.15) is 37.6 Å². The van der Waals surface area contributed by atoms with Gasteiger partial charge in [-0.25, -0.2) is 9.37 Å². The molecule has 0 aliphatic heterocycles. The minimum absolute atomic E-state index is 0.0337. The first kappa shape index (κ1) is 19.1. The smallest absolute Gasteiger partial charge is 0.224 e. The van der Waals surface area contributed by atoms with E-state index in [1.54, 1.807) is 6.20 Å². The van der Waals surface area contributed by atoms with Gasteiger partial charge in [0.05, 0.1) is 11.2 Å². The molecule has 27 heavy (non-hydrogen) atoms. The van der Waals surface area contributed by atoms with Gasteiger partial charge >= 0.3 is 0 Å². The van der Waals surface area contributed by atoms with Crippen molar-refractivity contribution in [3.63, 3.8) is 0 Å². The summed E-state index contributed by atoms with van der Waals surface area (Å²) in [5, 5.41) is 2.64. The van der Waals surface area contributed by atoms with Gasteiger partial charge in [0.2, 0.25) is 5.91 Å². The van der Waals surface area contributed by atoms with Crippen molar-refractivity contribution in [3.8, 4) is 11.3 Å². The molecule has 0 radical (unpaired) electrons. The monoisotopic (exact) mass is 386 g/mol. The zero-order valence-electron chi connectivity index (χ0n) is 15.1. The number of carbonyl (C=O) groups excluding carboxylic acids is 1. The topological polar surface area (TPSA) is 55.1 Å². The number of hydrogen-bond acceptors (Lipinski definition) is 3. The molecule has 0 atom stereocenters. The first-order valence-electron chi connectivity index (χ1n) is 8.72. The van der Waals surface area contributed by atoms with E-state index in [1.165, 1.54) is 23.8 Å². The number of hydrogen-bond donors (Lipinski definition) is 1. The number of anilines is 1. The van der Waals surface area contributed by atoms with Crippen molar-refractivity contribution >= 4 is 23.2 Å². The van der Waals surface area contributed by atoms with Crippen LogP contribution in [0.4, 0.5) is 10.1 Å². The molecular weight excluding hydrogens is 367 g/mol. The Morgan fingerprint density at radius 1 is 1.22 bits per heavy atom. The Hall–Kier alpha value is -2.66. The van der Waals surface area contributed by atoms with Gasteiger partial charge in [0.1, 0.15) is 5.82 Å². The molecule has 0 aliphatic carbocycles. The Morgan fingerprint density at radius 2 is 1.96 bits per heavy atom. The second kappa shape index (κ2) is 8.35. The molecule has 4 nitrogen and oxygen atoms in total. The summed E-state index contributed by atoms with van der Waals surface area (Å²) in [5.41, 5.74) is 2.66. The molecule has 0 aliphatic rings. The van der Waals surface area contributed by atoms with E-state index in [0.29, 0.717) is 29.7 Å². The number of halogens is 2. The summed E-state index contributed by atoms with van der Waals surface area (Å²) in [6, 6.07) is 12.2. The van der Waals surface area contributed by atoms with Crippen LogP contribution in [0.5, 0.6) is 0 Å². The average molecular weight is 387 g/mol. The minimum atomic E-state index is -0.525. The molecule has 1 heterocycles. The van der Waals surface area contributed by atoms with E-state index in [9.17, 15) is 9.18 Å². The van der Waals surface area contributed by atoms with E-state index in [1.807, 2.05) is 12.1 Å². The van der Waals surface area contributed by atoms with E-state index >= 15 is 0 Å². The lowest BCUT2D eigenvalue weighted by Crippen LogP contribution is -2.12. The summed E-state index contributed by atoms with van der Waals surface area (Å²) in [4.78, 5) is 16.3. The highest BCUT2D eigenvalue weighted by atomic mass is 35.5. The van der Waals surface area contributed by atoms with Crippen LogP contribution in [0.2, 0.25) is 5.02 Å². The molecule has 140 valence electrons. The molecule has 0 bridgehead atoms. The van der Waals surface area contributed by atoms with Crippen molar-refractivity contribution in [2.45, 2.75) is 32.6 Å². The summed E-state index contributed by atoms with van der Waals surface area (Å²) < 4.78 is 18.9. The van der Waals surface area contributed by atoms with Crippen LogP contribution in [0.15, 0.2) is 53.1 Å². The molecule has 0 unspecified atom stereocenters. The van der Waals surface area contributed by atoms with E-state index in [2.05, 4.69) is 36.3 Å². The Labute approximate surface area is 162 Å². The highest BCUT2D eigenvalue weighted by Gasteiger charge is 2.10. The van der Waals surface area contributed by atoms with Gasteiger partial charge in [-0.05, 0) is 29.7 Å². The summed E-state index contributed by atoms with van der Waals surface area (Å²) in [7, 11) is 0. The third-order valence-corrected chi connectivity index (χ3v) is 4.47. The summed E-state index contributed by atoms with van der Waals surface area (Å²) in [6.45, 7) is 4.29. The van der Waals surface area contributed by atoms with Gasteiger partial charge in [-0.15, -0.1) is 0 Å². The van der Waals surface area contributed by atoms with E-state index in [4.69, 9.17) is 16.0 Å². The number of aryl methyl sites for hydroxylation is 1. The lowest BCUT2D eigenvalue weighted by Gasteiger charge is -2.05.